The zero-order chi connectivity index (χ0) is 20.9. The summed E-state index contributed by atoms with van der Waals surface area (Å²) in [5.74, 6) is 0.358. The van der Waals surface area contributed by atoms with Crippen molar-refractivity contribution in [3.63, 3.8) is 0 Å². The van der Waals surface area contributed by atoms with Crippen LogP contribution < -0.4 is 5.32 Å². The van der Waals surface area contributed by atoms with Crippen LogP contribution in [0.15, 0.2) is 72.8 Å². The number of hydrogen-bond acceptors (Lipinski definition) is 5. The van der Waals surface area contributed by atoms with Gasteiger partial charge in [-0.1, -0.05) is 61.9 Å². The first-order valence-electron chi connectivity index (χ1n) is 9.99. The standard InChI is InChI=1S/C25H23N3O2/c1-3-7-17-8-6-9-20(16-17)26-24-22-11-5-4-10-21(22)23(27-28-24)18-12-14-19(15-13-18)25(29)30-2/h4-6,8-16H,3,7H2,1-2H3,(H,26,28). The van der Waals surface area contributed by atoms with Crippen LogP contribution in [-0.2, 0) is 11.2 Å². The third-order valence-corrected chi connectivity index (χ3v) is 5.00. The van der Waals surface area contributed by atoms with E-state index in [4.69, 9.17) is 4.74 Å². The van der Waals surface area contributed by atoms with Crippen molar-refractivity contribution in [2.24, 2.45) is 0 Å². The predicted octanol–water partition coefficient (Wildman–Crippen LogP) is 5.78. The summed E-state index contributed by atoms with van der Waals surface area (Å²) in [7, 11) is 1.37. The molecule has 0 aliphatic carbocycles. The molecule has 30 heavy (non-hydrogen) atoms. The number of nitrogens with one attached hydrogen (secondary N) is 1. The molecule has 0 saturated heterocycles. The maximum Gasteiger partial charge on any atom is 0.337 e. The summed E-state index contributed by atoms with van der Waals surface area (Å²) in [5.41, 5.74) is 4.46. The molecule has 5 nitrogen and oxygen atoms in total. The minimum absolute atomic E-state index is 0.359. The Morgan fingerprint density at radius 2 is 1.70 bits per heavy atom. The number of esters is 1. The van der Waals surface area contributed by atoms with E-state index >= 15 is 0 Å². The first-order valence-corrected chi connectivity index (χ1v) is 9.99. The molecule has 1 heterocycles. The molecule has 0 aliphatic rings. The molecular formula is C25H23N3O2. The predicted molar refractivity (Wildman–Crippen MR) is 120 cm³/mol. The summed E-state index contributed by atoms with van der Waals surface area (Å²) in [6, 6.07) is 23.6. The topological polar surface area (TPSA) is 64.1 Å². The Labute approximate surface area is 175 Å². The SMILES string of the molecule is CCCc1cccc(Nc2nnc(-c3ccc(C(=O)OC)cc3)c3ccccc23)c1. The molecular weight excluding hydrogens is 374 g/mol. The van der Waals surface area contributed by atoms with Crippen molar-refractivity contribution in [3.8, 4) is 11.3 Å². The van der Waals surface area contributed by atoms with Crippen molar-refractivity contribution < 1.29 is 9.53 Å². The second kappa shape index (κ2) is 8.74. The van der Waals surface area contributed by atoms with Crippen molar-refractivity contribution in [3.05, 3.63) is 83.9 Å². The third-order valence-electron chi connectivity index (χ3n) is 5.00. The zero-order valence-corrected chi connectivity index (χ0v) is 17.1. The molecule has 0 bridgehead atoms. The van der Waals surface area contributed by atoms with Crippen LogP contribution >= 0.6 is 0 Å². The van der Waals surface area contributed by atoms with Gasteiger partial charge in [0.1, 0.15) is 5.69 Å². The fraction of sp³-hybridized carbons (Fsp3) is 0.160. The molecule has 4 rings (SSSR count). The van der Waals surface area contributed by atoms with Crippen LogP contribution in [0.4, 0.5) is 11.5 Å². The maximum atomic E-state index is 11.7. The Bertz CT molecular complexity index is 1190. The normalized spacial score (nSPS) is 10.7. The van der Waals surface area contributed by atoms with Gasteiger partial charge in [0.25, 0.3) is 0 Å². The molecule has 0 atom stereocenters. The van der Waals surface area contributed by atoms with Gasteiger partial charge < -0.3 is 10.1 Å². The Kier molecular flexibility index (Phi) is 5.70. The number of hydrogen-bond donors (Lipinski definition) is 1. The number of ether oxygens (including phenoxy) is 1. The number of aromatic nitrogens is 2. The van der Waals surface area contributed by atoms with E-state index in [0.29, 0.717) is 11.4 Å². The highest BCUT2D eigenvalue weighted by Gasteiger charge is 2.12. The largest absolute Gasteiger partial charge is 0.465 e. The summed E-state index contributed by atoms with van der Waals surface area (Å²) in [4.78, 5) is 11.7. The van der Waals surface area contributed by atoms with Crippen molar-refractivity contribution in [1.29, 1.82) is 0 Å². The number of carbonyl (C=O) groups excluding carboxylic acids is 1. The number of benzene rings is 3. The molecule has 0 spiro atoms. The summed E-state index contributed by atoms with van der Waals surface area (Å²) >= 11 is 0. The number of fused-ring (bicyclic) bond motifs is 1. The van der Waals surface area contributed by atoms with Gasteiger partial charge in [-0.3, -0.25) is 0 Å². The van der Waals surface area contributed by atoms with Gasteiger partial charge in [0.2, 0.25) is 0 Å². The highest BCUT2D eigenvalue weighted by molar-refractivity contribution is 6.01. The summed E-state index contributed by atoms with van der Waals surface area (Å²) in [6.45, 7) is 2.18. The summed E-state index contributed by atoms with van der Waals surface area (Å²) in [6.07, 6.45) is 2.15. The molecule has 0 unspecified atom stereocenters. The number of carbonyl (C=O) groups is 1. The maximum absolute atomic E-state index is 11.7. The molecule has 0 amide bonds. The monoisotopic (exact) mass is 397 g/mol. The lowest BCUT2D eigenvalue weighted by Crippen LogP contribution is -2.01. The van der Waals surface area contributed by atoms with E-state index < -0.39 is 0 Å². The van der Waals surface area contributed by atoms with E-state index in [0.717, 1.165) is 40.6 Å². The van der Waals surface area contributed by atoms with Gasteiger partial charge >= 0.3 is 5.97 Å². The van der Waals surface area contributed by atoms with Crippen LogP contribution in [0.1, 0.15) is 29.3 Å². The second-order valence-electron chi connectivity index (χ2n) is 7.09. The van der Waals surface area contributed by atoms with Gasteiger partial charge in [-0.05, 0) is 36.2 Å². The molecule has 1 aromatic heterocycles. The van der Waals surface area contributed by atoms with Crippen molar-refractivity contribution >= 4 is 28.2 Å². The van der Waals surface area contributed by atoms with Gasteiger partial charge in [-0.2, -0.15) is 0 Å². The minimum Gasteiger partial charge on any atom is -0.465 e. The second-order valence-corrected chi connectivity index (χ2v) is 7.09. The molecule has 4 aromatic rings. The van der Waals surface area contributed by atoms with Crippen LogP contribution in [0.3, 0.4) is 0 Å². The van der Waals surface area contributed by atoms with Gasteiger partial charge in [0.05, 0.1) is 12.7 Å². The molecule has 0 aliphatic heterocycles. The van der Waals surface area contributed by atoms with Gasteiger partial charge in [-0.15, -0.1) is 10.2 Å². The molecule has 1 N–H and O–H groups in total. The first-order chi connectivity index (χ1) is 14.7. The third kappa shape index (κ3) is 4.01. The van der Waals surface area contributed by atoms with Crippen LogP contribution in [-0.4, -0.2) is 23.3 Å². The quantitative estimate of drug-likeness (QED) is 0.418. The van der Waals surface area contributed by atoms with E-state index in [1.54, 1.807) is 12.1 Å². The average molecular weight is 397 g/mol. The number of nitrogens with zero attached hydrogens (tertiary/aromatic N) is 2. The Balaban J connectivity index is 1.72. The molecule has 3 aromatic carbocycles. The number of methoxy groups -OCH3 is 1. The zero-order valence-electron chi connectivity index (χ0n) is 17.1. The Morgan fingerprint density at radius 3 is 2.43 bits per heavy atom. The van der Waals surface area contributed by atoms with E-state index in [1.807, 2.05) is 42.5 Å². The molecule has 0 saturated carbocycles. The first kappa shape index (κ1) is 19.6. The highest BCUT2D eigenvalue weighted by atomic mass is 16.5. The van der Waals surface area contributed by atoms with Crippen molar-refractivity contribution in [2.75, 3.05) is 12.4 Å². The van der Waals surface area contributed by atoms with E-state index in [1.165, 1.54) is 12.7 Å². The van der Waals surface area contributed by atoms with Crippen LogP contribution in [0.25, 0.3) is 22.0 Å². The van der Waals surface area contributed by atoms with Gasteiger partial charge in [-0.25, -0.2) is 4.79 Å². The molecule has 0 fully saturated rings. The van der Waals surface area contributed by atoms with Crippen LogP contribution in [0.5, 0.6) is 0 Å². The van der Waals surface area contributed by atoms with E-state index in [-0.39, 0.29) is 5.97 Å². The van der Waals surface area contributed by atoms with E-state index in [2.05, 4.69) is 40.6 Å². The van der Waals surface area contributed by atoms with Crippen LogP contribution in [0, 0.1) is 0 Å². The average Bonchev–Trinajstić information content (AvgIpc) is 2.79. The number of anilines is 2. The van der Waals surface area contributed by atoms with Gasteiger partial charge in [0.15, 0.2) is 5.82 Å². The molecule has 5 heteroatoms. The number of rotatable bonds is 6. The lowest BCUT2D eigenvalue weighted by Gasteiger charge is -2.12. The fourth-order valence-electron chi connectivity index (χ4n) is 3.52. The van der Waals surface area contributed by atoms with Crippen molar-refractivity contribution in [1.82, 2.24) is 10.2 Å². The summed E-state index contributed by atoms with van der Waals surface area (Å²) in [5, 5.41) is 14.4. The fourth-order valence-corrected chi connectivity index (χ4v) is 3.52. The lowest BCUT2D eigenvalue weighted by molar-refractivity contribution is 0.0601. The summed E-state index contributed by atoms with van der Waals surface area (Å²) < 4.78 is 4.77. The number of aryl methyl sites for hydroxylation is 1. The van der Waals surface area contributed by atoms with Crippen molar-refractivity contribution in [2.45, 2.75) is 19.8 Å². The van der Waals surface area contributed by atoms with E-state index in [9.17, 15) is 4.79 Å². The Morgan fingerprint density at radius 1 is 0.933 bits per heavy atom. The van der Waals surface area contributed by atoms with Crippen LogP contribution in [0.2, 0.25) is 0 Å². The molecule has 0 radical (unpaired) electrons. The Hall–Kier alpha value is -3.73. The lowest BCUT2D eigenvalue weighted by atomic mass is 10.0. The smallest absolute Gasteiger partial charge is 0.337 e. The molecule has 150 valence electrons. The minimum atomic E-state index is -0.359. The van der Waals surface area contributed by atoms with Gasteiger partial charge in [0, 0.05) is 22.0 Å². The highest BCUT2D eigenvalue weighted by Crippen LogP contribution is 2.31.